The van der Waals surface area contributed by atoms with Crippen molar-refractivity contribution in [1.82, 2.24) is 10.2 Å². The van der Waals surface area contributed by atoms with Gasteiger partial charge in [-0.15, -0.1) is 0 Å². The van der Waals surface area contributed by atoms with Crippen molar-refractivity contribution in [2.24, 2.45) is 11.8 Å². The van der Waals surface area contributed by atoms with Gasteiger partial charge in [-0.05, 0) is 41.9 Å². The van der Waals surface area contributed by atoms with Crippen molar-refractivity contribution >= 4 is 11.8 Å². The van der Waals surface area contributed by atoms with Crippen molar-refractivity contribution in [2.45, 2.75) is 58.2 Å². The first-order valence-electron chi connectivity index (χ1n) is 11.0. The highest BCUT2D eigenvalue weighted by molar-refractivity contribution is 5.97. The number of aromatic hydroxyl groups is 1. The molecule has 0 radical (unpaired) electrons. The largest absolute Gasteiger partial charge is 0.508 e. The number of carbonyl (C=O) groups excluding carboxylic acids is 2. The van der Waals surface area contributed by atoms with Gasteiger partial charge in [0.1, 0.15) is 17.8 Å². The summed E-state index contributed by atoms with van der Waals surface area (Å²) in [7, 11) is 0. The molecule has 0 aromatic heterocycles. The topological polar surface area (TPSA) is 69.6 Å². The number of nitrogens with one attached hydrogen (secondary N) is 1. The summed E-state index contributed by atoms with van der Waals surface area (Å²) in [6, 6.07) is 14.3. The Morgan fingerprint density at radius 1 is 1.00 bits per heavy atom. The maximum Gasteiger partial charge on any atom is 0.246 e. The summed E-state index contributed by atoms with van der Waals surface area (Å²) in [6.07, 6.45) is 3.23. The number of rotatable bonds is 6. The second-order valence-electron chi connectivity index (χ2n) is 8.54. The minimum Gasteiger partial charge on any atom is -0.508 e. The lowest BCUT2D eigenvalue weighted by atomic mass is 9.86. The number of amides is 2. The summed E-state index contributed by atoms with van der Waals surface area (Å²) in [5.74, 6) is 0.201. The average molecular weight is 407 g/mol. The van der Waals surface area contributed by atoms with Crippen LogP contribution in [0, 0.1) is 11.8 Å². The van der Waals surface area contributed by atoms with E-state index in [9.17, 15) is 14.7 Å². The van der Waals surface area contributed by atoms with E-state index in [0.29, 0.717) is 5.56 Å². The van der Waals surface area contributed by atoms with Crippen molar-refractivity contribution in [3.8, 4) is 5.75 Å². The molecule has 2 aromatic rings. The van der Waals surface area contributed by atoms with Gasteiger partial charge >= 0.3 is 0 Å². The number of hydrogen-bond donors (Lipinski definition) is 2. The van der Waals surface area contributed by atoms with Gasteiger partial charge in [-0.25, -0.2) is 0 Å². The zero-order chi connectivity index (χ0) is 21.3. The van der Waals surface area contributed by atoms with Crippen LogP contribution in [0.25, 0.3) is 0 Å². The molecule has 1 heterocycles. The Hall–Kier alpha value is -2.82. The first-order valence-corrected chi connectivity index (χ1v) is 11.0. The second kappa shape index (κ2) is 8.50. The van der Waals surface area contributed by atoms with Gasteiger partial charge in [-0.1, -0.05) is 69.2 Å². The molecule has 5 nitrogen and oxygen atoms in total. The minimum atomic E-state index is -0.527. The molecule has 2 aromatic carbocycles. The second-order valence-corrected chi connectivity index (χ2v) is 8.54. The molecule has 5 heteroatoms. The maximum absolute atomic E-state index is 13.7. The molecular formula is C25H30N2O3. The zero-order valence-electron chi connectivity index (χ0n) is 17.7. The van der Waals surface area contributed by atoms with Crippen LogP contribution in [-0.2, 0) is 29.0 Å². The molecule has 2 aliphatic rings. The molecule has 1 saturated heterocycles. The third-order valence-corrected chi connectivity index (χ3v) is 6.83. The van der Waals surface area contributed by atoms with Gasteiger partial charge in [-0.3, -0.25) is 9.59 Å². The third-order valence-electron chi connectivity index (χ3n) is 6.83. The van der Waals surface area contributed by atoms with E-state index in [1.165, 1.54) is 11.1 Å². The number of para-hydroxylation sites is 1. The number of piperazine rings is 1. The fourth-order valence-corrected chi connectivity index (χ4v) is 5.11. The van der Waals surface area contributed by atoms with Gasteiger partial charge in [0.05, 0.1) is 6.54 Å². The van der Waals surface area contributed by atoms with Crippen molar-refractivity contribution in [3.63, 3.8) is 0 Å². The van der Waals surface area contributed by atoms with Gasteiger partial charge in [0, 0.05) is 5.56 Å². The van der Waals surface area contributed by atoms with Gasteiger partial charge in [0.15, 0.2) is 0 Å². The predicted molar refractivity (Wildman–Crippen MR) is 116 cm³/mol. The molecule has 2 N–H and O–H groups in total. The molecule has 4 rings (SSSR count). The van der Waals surface area contributed by atoms with Crippen LogP contribution >= 0.6 is 0 Å². The van der Waals surface area contributed by atoms with E-state index in [-0.39, 0.29) is 35.9 Å². The molecule has 1 fully saturated rings. The van der Waals surface area contributed by atoms with E-state index < -0.39 is 12.1 Å². The van der Waals surface area contributed by atoms with E-state index in [2.05, 4.69) is 31.3 Å². The summed E-state index contributed by atoms with van der Waals surface area (Å²) < 4.78 is 0. The van der Waals surface area contributed by atoms with E-state index in [0.717, 1.165) is 25.7 Å². The third kappa shape index (κ3) is 3.69. The summed E-state index contributed by atoms with van der Waals surface area (Å²) in [5, 5.41) is 13.4. The fourth-order valence-electron chi connectivity index (χ4n) is 5.11. The van der Waals surface area contributed by atoms with Gasteiger partial charge in [0.2, 0.25) is 11.8 Å². The van der Waals surface area contributed by atoms with Crippen LogP contribution in [0.5, 0.6) is 5.75 Å². The summed E-state index contributed by atoms with van der Waals surface area (Å²) in [4.78, 5) is 28.7. The Labute approximate surface area is 178 Å². The van der Waals surface area contributed by atoms with Crippen LogP contribution in [0.15, 0.2) is 48.5 Å². The summed E-state index contributed by atoms with van der Waals surface area (Å²) >= 11 is 0. The first-order chi connectivity index (χ1) is 14.5. The van der Waals surface area contributed by atoms with E-state index in [1.54, 1.807) is 17.0 Å². The number of fused-ring (bicyclic) bond motifs is 1. The highest BCUT2D eigenvalue weighted by atomic mass is 16.3. The Morgan fingerprint density at radius 2 is 1.60 bits per heavy atom. The molecule has 2 atom stereocenters. The highest BCUT2D eigenvalue weighted by Gasteiger charge is 2.47. The Morgan fingerprint density at radius 3 is 2.20 bits per heavy atom. The number of nitrogens with zero attached hydrogens (tertiary/aromatic N) is 1. The molecular weight excluding hydrogens is 376 g/mol. The van der Waals surface area contributed by atoms with Crippen LogP contribution in [0.3, 0.4) is 0 Å². The van der Waals surface area contributed by atoms with Crippen LogP contribution in [0.2, 0.25) is 0 Å². The predicted octanol–water partition coefficient (Wildman–Crippen LogP) is 3.44. The van der Waals surface area contributed by atoms with Crippen molar-refractivity contribution < 1.29 is 14.7 Å². The average Bonchev–Trinajstić information content (AvgIpc) is 3.18. The highest BCUT2D eigenvalue weighted by Crippen LogP contribution is 2.33. The number of benzene rings is 2. The molecule has 30 heavy (non-hydrogen) atoms. The Bertz CT molecular complexity index is 912. The molecule has 158 valence electrons. The van der Waals surface area contributed by atoms with E-state index >= 15 is 0 Å². The van der Waals surface area contributed by atoms with Crippen molar-refractivity contribution in [3.05, 3.63) is 65.2 Å². The van der Waals surface area contributed by atoms with Gasteiger partial charge in [-0.2, -0.15) is 0 Å². The SMILES string of the molecule is CCC(CC)[C@@H]1C(=O)N[C@H](C2Cc3ccccc3C2)C(=O)N1Cc1ccccc1O. The lowest BCUT2D eigenvalue weighted by molar-refractivity contribution is -0.154. The minimum absolute atomic E-state index is 0.0347. The number of hydrogen-bond acceptors (Lipinski definition) is 3. The molecule has 0 bridgehead atoms. The zero-order valence-corrected chi connectivity index (χ0v) is 17.7. The standard InChI is InChI=1S/C25H30N2O3/c1-3-16(4-2)23-24(29)26-22(20-13-17-9-5-6-10-18(17)14-20)25(30)27(23)15-19-11-7-8-12-21(19)28/h5-12,16,20,22-23,28H,3-4,13-15H2,1-2H3,(H,26,29)/t22-,23-/m1/s1. The summed E-state index contributed by atoms with van der Waals surface area (Å²) in [6.45, 7) is 4.36. The number of phenolic OH excluding ortho intramolecular Hbond substituents is 1. The van der Waals surface area contributed by atoms with E-state index in [1.807, 2.05) is 24.3 Å². The van der Waals surface area contributed by atoms with E-state index in [4.69, 9.17) is 0 Å². The first kappa shape index (κ1) is 20.5. The molecule has 2 amide bonds. The Balaban J connectivity index is 1.64. The molecule has 1 aliphatic heterocycles. The quantitative estimate of drug-likeness (QED) is 0.772. The molecule has 1 aliphatic carbocycles. The lowest BCUT2D eigenvalue weighted by Gasteiger charge is -2.43. The lowest BCUT2D eigenvalue weighted by Crippen LogP contribution is -2.66. The normalized spacial score (nSPS) is 21.8. The molecule has 0 unspecified atom stereocenters. The van der Waals surface area contributed by atoms with Gasteiger partial charge in [0.25, 0.3) is 0 Å². The smallest absolute Gasteiger partial charge is 0.246 e. The molecule has 0 spiro atoms. The Kier molecular flexibility index (Phi) is 5.80. The van der Waals surface area contributed by atoms with Crippen LogP contribution in [0.1, 0.15) is 43.4 Å². The summed E-state index contributed by atoms with van der Waals surface area (Å²) in [5.41, 5.74) is 3.20. The van der Waals surface area contributed by atoms with Crippen molar-refractivity contribution in [1.29, 1.82) is 0 Å². The van der Waals surface area contributed by atoms with Crippen molar-refractivity contribution in [2.75, 3.05) is 0 Å². The number of phenols is 1. The molecule has 0 saturated carbocycles. The van der Waals surface area contributed by atoms with Crippen LogP contribution < -0.4 is 5.32 Å². The number of carbonyl (C=O) groups is 2. The fraction of sp³-hybridized carbons (Fsp3) is 0.440. The van der Waals surface area contributed by atoms with Gasteiger partial charge < -0.3 is 15.3 Å². The monoisotopic (exact) mass is 406 g/mol. The van der Waals surface area contributed by atoms with Crippen LogP contribution in [-0.4, -0.2) is 33.9 Å². The van der Waals surface area contributed by atoms with Crippen LogP contribution in [0.4, 0.5) is 0 Å². The maximum atomic E-state index is 13.7.